The number of sulfonamides is 1. The molecule has 0 aliphatic rings. The minimum absolute atomic E-state index is 0.0387. The van der Waals surface area contributed by atoms with E-state index in [1.165, 1.54) is 11.3 Å². The van der Waals surface area contributed by atoms with Crippen molar-refractivity contribution in [3.05, 3.63) is 52.2 Å². The average Bonchev–Trinajstić information content (AvgIpc) is 2.85. The van der Waals surface area contributed by atoms with Gasteiger partial charge in [0.15, 0.2) is 0 Å². The zero-order valence-corrected chi connectivity index (χ0v) is 12.2. The van der Waals surface area contributed by atoms with Gasteiger partial charge in [-0.3, -0.25) is 0 Å². The number of hydrogen-bond donors (Lipinski definition) is 2. The summed E-state index contributed by atoms with van der Waals surface area (Å²) in [7, 11) is -3.36. The Bertz CT molecular complexity index is 619. The molecular weight excluding hydrogens is 280 g/mol. The van der Waals surface area contributed by atoms with Gasteiger partial charge in [0.2, 0.25) is 10.0 Å². The van der Waals surface area contributed by atoms with Crippen LogP contribution in [-0.4, -0.2) is 8.42 Å². The van der Waals surface area contributed by atoms with Gasteiger partial charge in [-0.1, -0.05) is 18.2 Å². The Morgan fingerprint density at radius 2 is 1.95 bits per heavy atom. The van der Waals surface area contributed by atoms with Gasteiger partial charge in [0.1, 0.15) is 0 Å². The zero-order chi connectivity index (χ0) is 13.9. The van der Waals surface area contributed by atoms with Crippen molar-refractivity contribution in [2.24, 2.45) is 0 Å². The van der Waals surface area contributed by atoms with Gasteiger partial charge >= 0.3 is 0 Å². The summed E-state index contributed by atoms with van der Waals surface area (Å²) in [6.45, 7) is 1.84. The quantitative estimate of drug-likeness (QED) is 0.833. The second-order valence-corrected chi connectivity index (χ2v) is 7.09. The Morgan fingerprint density at radius 3 is 2.53 bits per heavy atom. The fourth-order valence-electron chi connectivity index (χ4n) is 1.74. The first-order valence-corrected chi connectivity index (χ1v) is 8.37. The van der Waals surface area contributed by atoms with Crippen molar-refractivity contribution < 1.29 is 8.42 Å². The first kappa shape index (κ1) is 14.0. The number of hydrogen-bond acceptors (Lipinski definition) is 4. The third-order valence-electron chi connectivity index (χ3n) is 2.66. The number of nitrogen functional groups attached to an aromatic ring is 1. The van der Waals surface area contributed by atoms with Crippen molar-refractivity contribution in [1.29, 1.82) is 0 Å². The lowest BCUT2D eigenvalue weighted by molar-refractivity contribution is 0.567. The highest BCUT2D eigenvalue weighted by Crippen LogP contribution is 2.19. The molecule has 0 fully saturated rings. The van der Waals surface area contributed by atoms with Gasteiger partial charge in [-0.25, -0.2) is 13.1 Å². The molecule has 1 aromatic carbocycles. The lowest BCUT2D eigenvalue weighted by Crippen LogP contribution is -2.27. The SMILES string of the molecule is CC(NS(=O)(=O)Cc1ccc(N)cc1)c1cccs1. The van der Waals surface area contributed by atoms with E-state index in [1.807, 2.05) is 24.4 Å². The molecule has 1 aromatic heterocycles. The smallest absolute Gasteiger partial charge is 0.216 e. The normalized spacial score (nSPS) is 13.3. The van der Waals surface area contributed by atoms with Crippen molar-refractivity contribution in [1.82, 2.24) is 4.72 Å². The Morgan fingerprint density at radius 1 is 1.26 bits per heavy atom. The van der Waals surface area contributed by atoms with Crippen LogP contribution >= 0.6 is 11.3 Å². The second kappa shape index (κ2) is 5.73. The summed E-state index contributed by atoms with van der Waals surface area (Å²) in [4.78, 5) is 1.00. The molecule has 3 N–H and O–H groups in total. The highest BCUT2D eigenvalue weighted by Gasteiger charge is 2.16. The number of nitrogens with two attached hydrogens (primary N) is 1. The zero-order valence-electron chi connectivity index (χ0n) is 10.5. The molecule has 102 valence electrons. The van der Waals surface area contributed by atoms with Gasteiger partial charge in [0, 0.05) is 10.6 Å². The van der Waals surface area contributed by atoms with Crippen molar-refractivity contribution >= 4 is 27.0 Å². The molecule has 0 radical (unpaired) electrons. The van der Waals surface area contributed by atoms with Crippen LogP contribution in [0.4, 0.5) is 5.69 Å². The van der Waals surface area contributed by atoms with Crippen LogP contribution in [0.5, 0.6) is 0 Å². The van der Waals surface area contributed by atoms with Crippen LogP contribution in [0, 0.1) is 0 Å². The fraction of sp³-hybridized carbons (Fsp3) is 0.231. The van der Waals surface area contributed by atoms with Crippen molar-refractivity contribution in [3.63, 3.8) is 0 Å². The van der Waals surface area contributed by atoms with Gasteiger partial charge in [0.25, 0.3) is 0 Å². The predicted octanol–water partition coefficient (Wildman–Crippen LogP) is 2.51. The van der Waals surface area contributed by atoms with Gasteiger partial charge in [0.05, 0.1) is 11.8 Å². The molecule has 1 unspecified atom stereocenters. The van der Waals surface area contributed by atoms with E-state index in [1.54, 1.807) is 24.3 Å². The molecule has 1 heterocycles. The summed E-state index contributed by atoms with van der Waals surface area (Å²) in [6.07, 6.45) is 0. The summed E-state index contributed by atoms with van der Waals surface area (Å²) in [5, 5.41) is 1.93. The molecule has 0 saturated carbocycles. The predicted molar refractivity (Wildman–Crippen MR) is 79.3 cm³/mol. The first-order chi connectivity index (χ1) is 8.96. The Balaban J connectivity index is 2.04. The van der Waals surface area contributed by atoms with E-state index >= 15 is 0 Å². The third kappa shape index (κ3) is 4.05. The topological polar surface area (TPSA) is 72.2 Å². The maximum atomic E-state index is 12.1. The van der Waals surface area contributed by atoms with Crippen LogP contribution in [0.2, 0.25) is 0 Å². The van der Waals surface area contributed by atoms with E-state index in [4.69, 9.17) is 5.73 Å². The van der Waals surface area contributed by atoms with Crippen LogP contribution in [0.25, 0.3) is 0 Å². The summed E-state index contributed by atoms with van der Waals surface area (Å²) < 4.78 is 26.8. The van der Waals surface area contributed by atoms with Crippen LogP contribution in [0.1, 0.15) is 23.4 Å². The highest BCUT2D eigenvalue weighted by atomic mass is 32.2. The molecule has 0 spiro atoms. The summed E-state index contributed by atoms with van der Waals surface area (Å²) in [6, 6.07) is 10.5. The van der Waals surface area contributed by atoms with Gasteiger partial charge in [-0.15, -0.1) is 11.3 Å². The lowest BCUT2D eigenvalue weighted by Gasteiger charge is -2.12. The number of benzene rings is 1. The third-order valence-corrected chi connectivity index (χ3v) is 5.14. The Kier molecular flexibility index (Phi) is 4.24. The molecule has 0 amide bonds. The van der Waals surface area contributed by atoms with Gasteiger partial charge < -0.3 is 5.73 Å². The van der Waals surface area contributed by atoms with Crippen molar-refractivity contribution in [3.8, 4) is 0 Å². The van der Waals surface area contributed by atoms with E-state index in [2.05, 4.69) is 4.72 Å². The highest BCUT2D eigenvalue weighted by molar-refractivity contribution is 7.88. The molecule has 0 bridgehead atoms. The van der Waals surface area contributed by atoms with Gasteiger partial charge in [-0.05, 0) is 36.1 Å². The largest absolute Gasteiger partial charge is 0.399 e. The van der Waals surface area contributed by atoms with E-state index in [-0.39, 0.29) is 11.8 Å². The lowest BCUT2D eigenvalue weighted by atomic mass is 10.2. The molecule has 2 aromatic rings. The van der Waals surface area contributed by atoms with E-state index in [0.29, 0.717) is 5.69 Å². The summed E-state index contributed by atoms with van der Waals surface area (Å²) >= 11 is 1.54. The van der Waals surface area contributed by atoms with Crippen LogP contribution in [-0.2, 0) is 15.8 Å². The monoisotopic (exact) mass is 296 g/mol. The summed E-state index contributed by atoms with van der Waals surface area (Å²) in [5.41, 5.74) is 6.92. The minimum Gasteiger partial charge on any atom is -0.399 e. The summed E-state index contributed by atoms with van der Waals surface area (Å²) in [5.74, 6) is -0.0387. The number of nitrogens with one attached hydrogen (secondary N) is 1. The number of rotatable bonds is 5. The molecule has 0 aliphatic carbocycles. The van der Waals surface area contributed by atoms with Crippen LogP contribution in [0.15, 0.2) is 41.8 Å². The fourth-order valence-corrected chi connectivity index (χ4v) is 3.93. The van der Waals surface area contributed by atoms with Gasteiger partial charge in [-0.2, -0.15) is 0 Å². The Hall–Kier alpha value is -1.37. The number of thiophene rings is 1. The van der Waals surface area contributed by atoms with E-state index in [0.717, 1.165) is 10.4 Å². The molecule has 0 aliphatic heterocycles. The average molecular weight is 296 g/mol. The Labute approximate surface area is 117 Å². The molecule has 19 heavy (non-hydrogen) atoms. The molecular formula is C13H16N2O2S2. The van der Waals surface area contributed by atoms with Crippen LogP contribution < -0.4 is 10.5 Å². The van der Waals surface area contributed by atoms with Crippen molar-refractivity contribution in [2.75, 3.05) is 5.73 Å². The maximum absolute atomic E-state index is 12.1. The second-order valence-electron chi connectivity index (χ2n) is 4.36. The van der Waals surface area contributed by atoms with E-state index < -0.39 is 10.0 Å². The molecule has 6 heteroatoms. The molecule has 2 rings (SSSR count). The minimum atomic E-state index is -3.36. The first-order valence-electron chi connectivity index (χ1n) is 5.84. The van der Waals surface area contributed by atoms with Crippen LogP contribution in [0.3, 0.4) is 0 Å². The van der Waals surface area contributed by atoms with Crippen molar-refractivity contribution in [2.45, 2.75) is 18.7 Å². The molecule has 1 atom stereocenters. The number of anilines is 1. The molecule has 4 nitrogen and oxygen atoms in total. The standard InChI is InChI=1S/C13H16N2O2S2/c1-10(13-3-2-8-18-13)15-19(16,17)9-11-4-6-12(14)7-5-11/h2-8,10,15H,9,14H2,1H3. The van der Waals surface area contributed by atoms with E-state index in [9.17, 15) is 8.42 Å². The maximum Gasteiger partial charge on any atom is 0.216 e. The molecule has 0 saturated heterocycles.